The molecule has 0 saturated carbocycles. The molecule has 0 saturated heterocycles. The Labute approximate surface area is 321 Å². The fraction of sp³-hybridized carbons (Fsp3) is 0.420. The maximum atomic E-state index is 4.75. The molecule has 0 N–H and O–H groups in total. The quantitative estimate of drug-likeness (QED) is 0.0709. The molecule has 0 amide bonds. The Hall–Kier alpha value is -4.05. The second-order valence-corrected chi connectivity index (χ2v) is 15.2. The van der Waals surface area contributed by atoms with Crippen LogP contribution in [0.15, 0.2) is 116 Å². The van der Waals surface area contributed by atoms with Crippen molar-refractivity contribution >= 4 is 0 Å². The molecule has 1 aliphatic rings. The molecule has 0 radical (unpaired) electrons. The highest BCUT2D eigenvalue weighted by Crippen LogP contribution is 2.55. The van der Waals surface area contributed by atoms with E-state index in [1.54, 1.807) is 5.56 Å². The van der Waals surface area contributed by atoms with Crippen LogP contribution in [0.2, 0.25) is 0 Å². The Kier molecular flexibility index (Phi) is 14.1. The molecule has 0 aliphatic heterocycles. The van der Waals surface area contributed by atoms with Crippen molar-refractivity contribution in [2.45, 2.75) is 97.3 Å². The number of hydrogen-bond donors (Lipinski definition) is 0. The van der Waals surface area contributed by atoms with Crippen LogP contribution in [0.25, 0.3) is 44.5 Å². The van der Waals surface area contributed by atoms with E-state index in [0.717, 1.165) is 26.2 Å². The van der Waals surface area contributed by atoms with Crippen molar-refractivity contribution in [3.63, 3.8) is 0 Å². The third kappa shape index (κ3) is 9.37. The van der Waals surface area contributed by atoms with Crippen molar-refractivity contribution < 1.29 is 0 Å². The van der Waals surface area contributed by atoms with Crippen LogP contribution in [0.3, 0.4) is 0 Å². The molecule has 278 valence electrons. The number of benzene rings is 4. The highest BCUT2D eigenvalue weighted by atomic mass is 15.1. The first-order chi connectivity index (χ1) is 26.1. The average Bonchev–Trinajstić information content (AvgIpc) is 3.49. The van der Waals surface area contributed by atoms with Crippen LogP contribution in [0, 0.1) is 0 Å². The first-order valence-electron chi connectivity index (χ1n) is 20.9. The predicted octanol–water partition coefficient (Wildman–Crippen LogP) is 12.9. The van der Waals surface area contributed by atoms with Gasteiger partial charge in [-0.2, -0.15) is 0 Å². The SMILES string of the molecule is CCN(CC)CCCCCCC1(CCCCCCN(CC)CC)c2cc(-c3ccccc3)ccc2-c2ccc(-c3cncc(-c4ccccc4)c3)cc21. The van der Waals surface area contributed by atoms with Gasteiger partial charge in [-0.05, 0) is 128 Å². The summed E-state index contributed by atoms with van der Waals surface area (Å²) >= 11 is 0. The van der Waals surface area contributed by atoms with E-state index in [1.807, 2.05) is 6.20 Å². The van der Waals surface area contributed by atoms with Crippen LogP contribution in [0.5, 0.6) is 0 Å². The van der Waals surface area contributed by atoms with E-state index in [0.29, 0.717) is 0 Å². The highest BCUT2D eigenvalue weighted by molar-refractivity contribution is 5.86. The zero-order valence-electron chi connectivity index (χ0n) is 33.1. The maximum absolute atomic E-state index is 4.75. The third-order valence-corrected chi connectivity index (χ3v) is 12.1. The summed E-state index contributed by atoms with van der Waals surface area (Å²) in [5.74, 6) is 0. The maximum Gasteiger partial charge on any atom is 0.0346 e. The van der Waals surface area contributed by atoms with Crippen LogP contribution < -0.4 is 0 Å². The lowest BCUT2D eigenvalue weighted by Gasteiger charge is -2.33. The molecule has 0 spiro atoms. The summed E-state index contributed by atoms with van der Waals surface area (Å²) in [4.78, 5) is 9.89. The molecule has 1 heterocycles. The summed E-state index contributed by atoms with van der Waals surface area (Å²) in [5, 5.41) is 0. The van der Waals surface area contributed by atoms with E-state index in [1.165, 1.54) is 127 Å². The van der Waals surface area contributed by atoms with Crippen molar-refractivity contribution in [1.82, 2.24) is 14.8 Å². The monoisotopic (exact) mass is 706 g/mol. The fourth-order valence-electron chi connectivity index (χ4n) is 8.85. The topological polar surface area (TPSA) is 19.4 Å². The Balaban J connectivity index is 1.35. The van der Waals surface area contributed by atoms with Gasteiger partial charge in [0.05, 0.1) is 0 Å². The molecule has 6 rings (SSSR count). The van der Waals surface area contributed by atoms with Crippen LogP contribution in [0.1, 0.15) is 103 Å². The molecule has 4 aromatic carbocycles. The summed E-state index contributed by atoms with van der Waals surface area (Å²) in [6, 6.07) is 38.7. The number of fused-ring (bicyclic) bond motifs is 3. The molecule has 53 heavy (non-hydrogen) atoms. The summed E-state index contributed by atoms with van der Waals surface area (Å²) in [6.45, 7) is 16.2. The third-order valence-electron chi connectivity index (χ3n) is 12.1. The predicted molar refractivity (Wildman–Crippen MR) is 229 cm³/mol. The zero-order chi connectivity index (χ0) is 36.9. The van der Waals surface area contributed by atoms with Crippen LogP contribution in [-0.4, -0.2) is 54.1 Å². The van der Waals surface area contributed by atoms with Gasteiger partial charge >= 0.3 is 0 Å². The normalized spacial score (nSPS) is 13.1. The standard InChI is InChI=1S/C50H63N3/c1-5-52(6-2)33-21-11-9-19-31-50(32-20-10-12-22-34-53(7-3)8-4)48-36-42(40-23-15-13-16-24-40)27-29-46(48)47-30-28-43(37-49(47)50)45-35-44(38-51-39-45)41-25-17-14-18-26-41/h13-18,23-30,35-39H,5-12,19-22,31-34H2,1-4H3. The van der Waals surface area contributed by atoms with Crippen LogP contribution >= 0.6 is 0 Å². The lowest BCUT2D eigenvalue weighted by Crippen LogP contribution is -2.26. The molecule has 0 bridgehead atoms. The number of rotatable bonds is 21. The molecular formula is C50H63N3. The molecule has 5 aromatic rings. The van der Waals surface area contributed by atoms with E-state index in [9.17, 15) is 0 Å². The highest BCUT2D eigenvalue weighted by Gasteiger charge is 2.42. The summed E-state index contributed by atoms with van der Waals surface area (Å²) < 4.78 is 0. The minimum absolute atomic E-state index is 0.00627. The number of pyridine rings is 1. The molecule has 3 heteroatoms. The number of unbranched alkanes of at least 4 members (excludes halogenated alkanes) is 6. The van der Waals surface area contributed by atoms with Gasteiger partial charge in [0, 0.05) is 28.9 Å². The molecule has 0 fully saturated rings. The van der Waals surface area contributed by atoms with Gasteiger partial charge in [0.1, 0.15) is 0 Å². The van der Waals surface area contributed by atoms with Crippen molar-refractivity contribution in [3.8, 4) is 44.5 Å². The van der Waals surface area contributed by atoms with Gasteiger partial charge < -0.3 is 9.80 Å². The number of aromatic nitrogens is 1. The lowest BCUT2D eigenvalue weighted by molar-refractivity contribution is 0.292. The van der Waals surface area contributed by atoms with E-state index < -0.39 is 0 Å². The van der Waals surface area contributed by atoms with Gasteiger partial charge in [-0.3, -0.25) is 4.98 Å². The lowest BCUT2D eigenvalue weighted by atomic mass is 9.70. The van der Waals surface area contributed by atoms with Gasteiger partial charge in [-0.25, -0.2) is 0 Å². The Morgan fingerprint density at radius 1 is 0.415 bits per heavy atom. The number of nitrogens with zero attached hydrogens (tertiary/aromatic N) is 3. The van der Waals surface area contributed by atoms with Crippen molar-refractivity contribution in [2.75, 3.05) is 39.3 Å². The largest absolute Gasteiger partial charge is 0.304 e. The molecule has 1 aliphatic carbocycles. The summed E-state index contributed by atoms with van der Waals surface area (Å²) in [5.41, 5.74) is 13.4. The first-order valence-corrected chi connectivity index (χ1v) is 20.9. The first kappa shape index (κ1) is 38.7. The smallest absolute Gasteiger partial charge is 0.0346 e. The Morgan fingerprint density at radius 3 is 1.30 bits per heavy atom. The van der Waals surface area contributed by atoms with E-state index in [2.05, 4.69) is 147 Å². The Morgan fingerprint density at radius 2 is 0.830 bits per heavy atom. The van der Waals surface area contributed by atoms with Crippen molar-refractivity contribution in [3.05, 3.63) is 127 Å². The molecule has 3 nitrogen and oxygen atoms in total. The molecule has 0 atom stereocenters. The van der Waals surface area contributed by atoms with Gasteiger partial charge in [-0.15, -0.1) is 0 Å². The van der Waals surface area contributed by atoms with Gasteiger partial charge in [0.15, 0.2) is 0 Å². The second kappa shape index (κ2) is 19.3. The van der Waals surface area contributed by atoms with Gasteiger partial charge in [0.2, 0.25) is 0 Å². The molecular weight excluding hydrogens is 643 g/mol. The summed E-state index contributed by atoms with van der Waals surface area (Å²) in [7, 11) is 0. The van der Waals surface area contributed by atoms with Crippen LogP contribution in [-0.2, 0) is 5.41 Å². The van der Waals surface area contributed by atoms with Crippen molar-refractivity contribution in [1.29, 1.82) is 0 Å². The molecule has 0 unspecified atom stereocenters. The van der Waals surface area contributed by atoms with Crippen LogP contribution in [0.4, 0.5) is 0 Å². The van der Waals surface area contributed by atoms with E-state index in [4.69, 9.17) is 4.98 Å². The fourth-order valence-corrected chi connectivity index (χ4v) is 8.85. The zero-order valence-corrected chi connectivity index (χ0v) is 33.1. The van der Waals surface area contributed by atoms with Crippen molar-refractivity contribution in [2.24, 2.45) is 0 Å². The average molecular weight is 706 g/mol. The number of hydrogen-bond acceptors (Lipinski definition) is 3. The molecule has 1 aromatic heterocycles. The van der Waals surface area contributed by atoms with Gasteiger partial charge in [-0.1, -0.05) is 151 Å². The summed E-state index contributed by atoms with van der Waals surface area (Å²) in [6.07, 6.45) is 16.7. The minimum Gasteiger partial charge on any atom is -0.304 e. The van der Waals surface area contributed by atoms with E-state index in [-0.39, 0.29) is 5.41 Å². The second-order valence-electron chi connectivity index (χ2n) is 15.2. The van der Waals surface area contributed by atoms with Gasteiger partial charge in [0.25, 0.3) is 0 Å². The van der Waals surface area contributed by atoms with E-state index >= 15 is 0 Å². The Bertz CT molecular complexity index is 1810. The minimum atomic E-state index is -0.00627.